The Morgan fingerprint density at radius 1 is 0.900 bits per heavy atom. The van der Waals surface area contributed by atoms with Crippen LogP contribution in [0.5, 0.6) is 0 Å². The number of unbranched alkanes of at least 4 members (excludes halogenated alkanes) is 4. The smallest absolute Gasteiger partial charge is 0.251 e. The minimum atomic E-state index is -3.58. The Balaban J connectivity index is 2.36. The first-order chi connectivity index (χ1) is 14.1. The number of ketones is 1. The molecule has 0 heterocycles. The highest BCUT2D eigenvalue weighted by atomic mass is 32.2. The molecule has 0 atom stereocenters. The van der Waals surface area contributed by atoms with E-state index in [1.807, 2.05) is 20.8 Å². The zero-order chi connectivity index (χ0) is 22.6. The van der Waals surface area contributed by atoms with Gasteiger partial charge in [0, 0.05) is 30.5 Å². The van der Waals surface area contributed by atoms with Crippen molar-refractivity contribution in [3.63, 3.8) is 0 Å². The van der Waals surface area contributed by atoms with E-state index < -0.39 is 10.0 Å². The summed E-state index contributed by atoms with van der Waals surface area (Å²) in [5, 5.41) is 2.83. The molecule has 0 aliphatic carbocycles. The number of nitrogens with one attached hydrogen (secondary N) is 2. The van der Waals surface area contributed by atoms with Gasteiger partial charge >= 0.3 is 0 Å². The van der Waals surface area contributed by atoms with Gasteiger partial charge in [-0.15, -0.1) is 0 Å². The van der Waals surface area contributed by atoms with Gasteiger partial charge in [0.1, 0.15) is 5.78 Å². The van der Waals surface area contributed by atoms with E-state index in [1.165, 1.54) is 24.3 Å². The van der Waals surface area contributed by atoms with E-state index in [0.29, 0.717) is 31.6 Å². The molecule has 1 amide bonds. The highest BCUT2D eigenvalue weighted by molar-refractivity contribution is 7.89. The van der Waals surface area contributed by atoms with Crippen LogP contribution in [0.15, 0.2) is 29.2 Å². The van der Waals surface area contributed by atoms with Gasteiger partial charge in [-0.3, -0.25) is 9.59 Å². The molecule has 170 valence electrons. The summed E-state index contributed by atoms with van der Waals surface area (Å²) in [6, 6.07) is 5.91. The van der Waals surface area contributed by atoms with Gasteiger partial charge in [-0.2, -0.15) is 0 Å². The van der Waals surface area contributed by atoms with Crippen molar-refractivity contribution in [2.24, 2.45) is 11.1 Å². The standard InChI is InChI=1S/C22H37N3O4S/c1-22(2,3)20(26)10-6-4-8-16-24-21(27)18-11-13-19(14-12-18)30(28,29)25-17-9-5-7-15-23/h11-14,25H,4-10,15-17,23H2,1-3H3,(H,24,27). The van der Waals surface area contributed by atoms with Crippen molar-refractivity contribution in [2.45, 2.75) is 70.6 Å². The molecule has 30 heavy (non-hydrogen) atoms. The lowest BCUT2D eigenvalue weighted by Crippen LogP contribution is -2.26. The largest absolute Gasteiger partial charge is 0.352 e. The van der Waals surface area contributed by atoms with Crippen LogP contribution in [0.4, 0.5) is 0 Å². The van der Waals surface area contributed by atoms with Crippen molar-refractivity contribution < 1.29 is 18.0 Å². The number of carbonyl (C=O) groups excluding carboxylic acids is 2. The minimum absolute atomic E-state index is 0.140. The molecule has 0 saturated heterocycles. The van der Waals surface area contributed by atoms with Crippen molar-refractivity contribution in [1.29, 1.82) is 0 Å². The second kappa shape index (κ2) is 12.8. The molecule has 1 rings (SSSR count). The fourth-order valence-corrected chi connectivity index (χ4v) is 3.86. The number of rotatable bonds is 14. The van der Waals surface area contributed by atoms with Gasteiger partial charge in [0.25, 0.3) is 5.91 Å². The van der Waals surface area contributed by atoms with Crippen LogP contribution in [0.3, 0.4) is 0 Å². The molecule has 8 heteroatoms. The molecule has 0 aliphatic heterocycles. The van der Waals surface area contributed by atoms with Gasteiger partial charge in [-0.1, -0.05) is 33.6 Å². The molecule has 7 nitrogen and oxygen atoms in total. The van der Waals surface area contributed by atoms with Crippen LogP contribution in [0.1, 0.15) is 76.1 Å². The Bertz CT molecular complexity index is 769. The maximum atomic E-state index is 12.3. The highest BCUT2D eigenvalue weighted by Gasteiger charge is 2.20. The predicted molar refractivity (Wildman–Crippen MR) is 120 cm³/mol. The number of hydrogen-bond acceptors (Lipinski definition) is 5. The second-order valence-electron chi connectivity index (χ2n) is 8.51. The molecule has 0 aromatic heterocycles. The first-order valence-corrected chi connectivity index (χ1v) is 12.2. The molecule has 0 fully saturated rings. The Kier molecular flexibility index (Phi) is 11.2. The van der Waals surface area contributed by atoms with Crippen LogP contribution in [0, 0.1) is 5.41 Å². The summed E-state index contributed by atoms with van der Waals surface area (Å²) in [7, 11) is -3.58. The third-order valence-corrected chi connectivity index (χ3v) is 6.28. The molecule has 0 unspecified atom stereocenters. The molecule has 0 aliphatic rings. The third kappa shape index (κ3) is 9.82. The summed E-state index contributed by atoms with van der Waals surface area (Å²) < 4.78 is 27.1. The molecule has 1 aromatic rings. The molecule has 0 spiro atoms. The predicted octanol–water partition coefficient (Wildman–Crippen LogP) is 3.00. The van der Waals surface area contributed by atoms with E-state index in [-0.39, 0.29) is 22.0 Å². The Labute approximate surface area is 181 Å². The van der Waals surface area contributed by atoms with Gasteiger partial charge < -0.3 is 11.1 Å². The van der Waals surface area contributed by atoms with Gasteiger partial charge in [0.15, 0.2) is 0 Å². The summed E-state index contributed by atoms with van der Waals surface area (Å²) >= 11 is 0. The minimum Gasteiger partial charge on any atom is -0.352 e. The number of benzene rings is 1. The Hall–Kier alpha value is -1.77. The van der Waals surface area contributed by atoms with Crippen molar-refractivity contribution in [3.05, 3.63) is 29.8 Å². The number of amides is 1. The van der Waals surface area contributed by atoms with Gasteiger partial charge in [0.2, 0.25) is 10.0 Å². The lowest BCUT2D eigenvalue weighted by Gasteiger charge is -2.16. The van der Waals surface area contributed by atoms with Crippen LogP contribution in [-0.2, 0) is 14.8 Å². The van der Waals surface area contributed by atoms with Crippen LogP contribution >= 0.6 is 0 Å². The molecular formula is C22H37N3O4S. The highest BCUT2D eigenvalue weighted by Crippen LogP contribution is 2.18. The molecule has 4 N–H and O–H groups in total. The average Bonchev–Trinajstić information content (AvgIpc) is 2.69. The fourth-order valence-electron chi connectivity index (χ4n) is 2.79. The average molecular weight is 440 g/mol. The van der Waals surface area contributed by atoms with Crippen LogP contribution < -0.4 is 15.8 Å². The first-order valence-electron chi connectivity index (χ1n) is 10.7. The Morgan fingerprint density at radius 3 is 2.10 bits per heavy atom. The van der Waals surface area contributed by atoms with Crippen molar-refractivity contribution in [1.82, 2.24) is 10.0 Å². The number of nitrogens with two attached hydrogens (primary N) is 1. The van der Waals surface area contributed by atoms with E-state index >= 15 is 0 Å². The molecule has 0 saturated carbocycles. The zero-order valence-electron chi connectivity index (χ0n) is 18.5. The zero-order valence-corrected chi connectivity index (χ0v) is 19.3. The third-order valence-electron chi connectivity index (χ3n) is 4.80. The quantitative estimate of drug-likeness (QED) is 0.385. The van der Waals surface area contributed by atoms with Crippen LogP contribution in [-0.4, -0.2) is 39.7 Å². The van der Waals surface area contributed by atoms with Crippen LogP contribution in [0.25, 0.3) is 0 Å². The lowest BCUT2D eigenvalue weighted by atomic mass is 9.88. The monoisotopic (exact) mass is 439 g/mol. The van der Waals surface area contributed by atoms with Crippen molar-refractivity contribution >= 4 is 21.7 Å². The lowest BCUT2D eigenvalue weighted by molar-refractivity contribution is -0.126. The van der Waals surface area contributed by atoms with E-state index in [4.69, 9.17) is 5.73 Å². The van der Waals surface area contributed by atoms with Crippen LogP contribution in [0.2, 0.25) is 0 Å². The summed E-state index contributed by atoms with van der Waals surface area (Å²) in [5.41, 5.74) is 5.54. The molecule has 1 aromatic carbocycles. The van der Waals surface area contributed by atoms with E-state index in [0.717, 1.165) is 38.5 Å². The first kappa shape index (κ1) is 26.3. The van der Waals surface area contributed by atoms with Gasteiger partial charge in [-0.05, 0) is 56.5 Å². The molecular weight excluding hydrogens is 402 g/mol. The number of carbonyl (C=O) groups is 2. The van der Waals surface area contributed by atoms with E-state index in [9.17, 15) is 18.0 Å². The normalized spacial score (nSPS) is 12.0. The summed E-state index contributed by atoms with van der Waals surface area (Å²) in [6.45, 7) is 7.26. The molecule has 0 bridgehead atoms. The number of Topliss-reactive ketones (excluding diaryl/α,β-unsaturated/α-hetero) is 1. The van der Waals surface area contributed by atoms with Crippen molar-refractivity contribution in [3.8, 4) is 0 Å². The maximum absolute atomic E-state index is 12.3. The topological polar surface area (TPSA) is 118 Å². The SMILES string of the molecule is CC(C)(C)C(=O)CCCCCNC(=O)c1ccc(S(=O)(=O)NCCCCCN)cc1. The second-order valence-corrected chi connectivity index (χ2v) is 10.3. The fraction of sp³-hybridized carbons (Fsp3) is 0.636. The van der Waals surface area contributed by atoms with E-state index in [1.54, 1.807) is 0 Å². The summed E-state index contributed by atoms with van der Waals surface area (Å²) in [6.07, 6.45) is 5.54. The number of hydrogen-bond donors (Lipinski definition) is 3. The van der Waals surface area contributed by atoms with Gasteiger partial charge in [-0.25, -0.2) is 13.1 Å². The maximum Gasteiger partial charge on any atom is 0.251 e. The number of sulfonamides is 1. The van der Waals surface area contributed by atoms with Crippen molar-refractivity contribution in [2.75, 3.05) is 19.6 Å². The van der Waals surface area contributed by atoms with Gasteiger partial charge in [0.05, 0.1) is 4.90 Å². The Morgan fingerprint density at radius 2 is 1.50 bits per heavy atom. The van der Waals surface area contributed by atoms with E-state index in [2.05, 4.69) is 10.0 Å². The summed E-state index contributed by atoms with van der Waals surface area (Å²) in [5.74, 6) is 0.0195. The molecule has 0 radical (unpaired) electrons. The summed E-state index contributed by atoms with van der Waals surface area (Å²) in [4.78, 5) is 24.2.